The lowest BCUT2D eigenvalue weighted by atomic mass is 10.1. The first-order chi connectivity index (χ1) is 8.09. The fraction of sp³-hybridized carbons (Fsp3) is 0.308. The molecule has 3 nitrogen and oxygen atoms in total. The summed E-state index contributed by atoms with van der Waals surface area (Å²) >= 11 is 0. The third-order valence-corrected chi connectivity index (χ3v) is 3.33. The average molecular weight is 233 g/mol. The van der Waals surface area contributed by atoms with Gasteiger partial charge in [-0.05, 0) is 43.5 Å². The second kappa shape index (κ2) is 3.32. The molecule has 1 aromatic heterocycles. The van der Waals surface area contributed by atoms with Crippen molar-refractivity contribution in [1.29, 1.82) is 0 Å². The molecule has 0 spiro atoms. The SMILES string of the molecule is Cc1c(C(=O)O)n(C2CC2)c2ccc(F)cc12. The summed E-state index contributed by atoms with van der Waals surface area (Å²) < 4.78 is 15.1. The Hall–Kier alpha value is -1.84. The van der Waals surface area contributed by atoms with Crippen LogP contribution in [0.25, 0.3) is 10.9 Å². The number of carbonyl (C=O) groups is 1. The van der Waals surface area contributed by atoms with Crippen molar-refractivity contribution in [2.75, 3.05) is 0 Å². The van der Waals surface area contributed by atoms with Gasteiger partial charge in [0, 0.05) is 16.9 Å². The lowest BCUT2D eigenvalue weighted by Crippen LogP contribution is -2.08. The number of carboxylic acid groups (broad SMARTS) is 1. The zero-order chi connectivity index (χ0) is 12.2. The van der Waals surface area contributed by atoms with E-state index in [0.717, 1.165) is 18.4 Å². The third kappa shape index (κ3) is 1.44. The van der Waals surface area contributed by atoms with Crippen molar-refractivity contribution in [3.8, 4) is 0 Å². The molecule has 1 N–H and O–H groups in total. The van der Waals surface area contributed by atoms with Crippen LogP contribution in [0.5, 0.6) is 0 Å². The molecule has 88 valence electrons. The maximum absolute atomic E-state index is 13.2. The third-order valence-electron chi connectivity index (χ3n) is 3.33. The molecule has 0 unspecified atom stereocenters. The average Bonchev–Trinajstić information content (AvgIpc) is 3.05. The van der Waals surface area contributed by atoms with Crippen LogP contribution in [-0.4, -0.2) is 15.6 Å². The molecule has 17 heavy (non-hydrogen) atoms. The Balaban J connectivity index is 2.40. The second-order valence-electron chi connectivity index (χ2n) is 4.54. The van der Waals surface area contributed by atoms with Crippen molar-refractivity contribution in [3.05, 3.63) is 35.3 Å². The van der Waals surface area contributed by atoms with Gasteiger partial charge in [-0.2, -0.15) is 0 Å². The molecule has 1 heterocycles. The number of aromatic nitrogens is 1. The van der Waals surface area contributed by atoms with Crippen molar-refractivity contribution in [2.24, 2.45) is 0 Å². The Morgan fingerprint density at radius 1 is 1.47 bits per heavy atom. The standard InChI is InChI=1S/C13H12FNO2/c1-7-10-6-8(14)2-5-11(10)15(9-3-4-9)12(7)13(16)17/h2,5-6,9H,3-4H2,1H3,(H,16,17). The lowest BCUT2D eigenvalue weighted by Gasteiger charge is -2.05. The minimum Gasteiger partial charge on any atom is -0.477 e. The van der Waals surface area contributed by atoms with Gasteiger partial charge in [-0.15, -0.1) is 0 Å². The van der Waals surface area contributed by atoms with Gasteiger partial charge in [0.05, 0.1) is 0 Å². The second-order valence-corrected chi connectivity index (χ2v) is 4.54. The zero-order valence-corrected chi connectivity index (χ0v) is 9.40. The number of hydrogen-bond acceptors (Lipinski definition) is 1. The van der Waals surface area contributed by atoms with Crippen LogP contribution in [0.15, 0.2) is 18.2 Å². The smallest absolute Gasteiger partial charge is 0.352 e. The Bertz CT molecular complexity index is 626. The maximum Gasteiger partial charge on any atom is 0.352 e. The summed E-state index contributed by atoms with van der Waals surface area (Å²) in [5, 5.41) is 9.98. The number of aryl methyl sites for hydroxylation is 1. The number of halogens is 1. The van der Waals surface area contributed by atoms with E-state index in [1.54, 1.807) is 13.0 Å². The molecule has 1 fully saturated rings. The fourth-order valence-corrected chi connectivity index (χ4v) is 2.42. The summed E-state index contributed by atoms with van der Waals surface area (Å²) in [5.41, 5.74) is 1.77. The quantitative estimate of drug-likeness (QED) is 0.865. The van der Waals surface area contributed by atoms with Gasteiger partial charge in [0.2, 0.25) is 0 Å². The summed E-state index contributed by atoms with van der Waals surface area (Å²) in [6.07, 6.45) is 2.00. The topological polar surface area (TPSA) is 42.2 Å². The molecule has 0 bridgehead atoms. The van der Waals surface area contributed by atoms with Gasteiger partial charge >= 0.3 is 5.97 Å². The van der Waals surface area contributed by atoms with Crippen molar-refractivity contribution in [1.82, 2.24) is 4.57 Å². The summed E-state index contributed by atoms with van der Waals surface area (Å²) in [7, 11) is 0. The van der Waals surface area contributed by atoms with Crippen LogP contribution in [0.4, 0.5) is 4.39 Å². The molecule has 0 radical (unpaired) electrons. The number of aromatic carboxylic acids is 1. The van der Waals surface area contributed by atoms with Crippen molar-refractivity contribution in [2.45, 2.75) is 25.8 Å². The number of hydrogen-bond donors (Lipinski definition) is 1. The molecule has 1 aliphatic rings. The van der Waals surface area contributed by atoms with Gasteiger partial charge in [-0.3, -0.25) is 0 Å². The molecule has 2 aromatic rings. The summed E-state index contributed by atoms with van der Waals surface area (Å²) in [5.74, 6) is -1.27. The van der Waals surface area contributed by atoms with E-state index in [1.807, 2.05) is 4.57 Å². The van der Waals surface area contributed by atoms with Crippen LogP contribution >= 0.6 is 0 Å². The molecule has 1 aromatic carbocycles. The lowest BCUT2D eigenvalue weighted by molar-refractivity contribution is 0.0684. The predicted molar refractivity (Wildman–Crippen MR) is 61.9 cm³/mol. The monoisotopic (exact) mass is 233 g/mol. The van der Waals surface area contributed by atoms with Crippen molar-refractivity contribution in [3.63, 3.8) is 0 Å². The van der Waals surface area contributed by atoms with E-state index in [2.05, 4.69) is 0 Å². The number of benzene rings is 1. The van der Waals surface area contributed by atoms with E-state index in [9.17, 15) is 14.3 Å². The Morgan fingerprint density at radius 3 is 2.76 bits per heavy atom. The van der Waals surface area contributed by atoms with Crippen LogP contribution in [0, 0.1) is 12.7 Å². The van der Waals surface area contributed by atoms with Crippen LogP contribution in [0.3, 0.4) is 0 Å². The van der Waals surface area contributed by atoms with E-state index < -0.39 is 5.97 Å². The van der Waals surface area contributed by atoms with Gasteiger partial charge in [0.25, 0.3) is 0 Å². The highest BCUT2D eigenvalue weighted by Crippen LogP contribution is 2.41. The molecular weight excluding hydrogens is 221 g/mol. The van der Waals surface area contributed by atoms with E-state index >= 15 is 0 Å². The molecular formula is C13H12FNO2. The first kappa shape index (κ1) is 10.3. The maximum atomic E-state index is 13.2. The van der Waals surface area contributed by atoms with Gasteiger partial charge in [-0.25, -0.2) is 9.18 Å². The van der Waals surface area contributed by atoms with E-state index in [4.69, 9.17) is 0 Å². The van der Waals surface area contributed by atoms with Gasteiger partial charge in [-0.1, -0.05) is 0 Å². The zero-order valence-electron chi connectivity index (χ0n) is 9.40. The van der Waals surface area contributed by atoms with Crippen LogP contribution in [0.1, 0.15) is 34.9 Å². The van der Waals surface area contributed by atoms with Crippen molar-refractivity contribution < 1.29 is 14.3 Å². The van der Waals surface area contributed by atoms with Gasteiger partial charge < -0.3 is 9.67 Å². The first-order valence-electron chi connectivity index (χ1n) is 5.63. The number of rotatable bonds is 2. The van der Waals surface area contributed by atoms with Crippen molar-refractivity contribution >= 4 is 16.9 Å². The normalized spacial score (nSPS) is 15.4. The summed E-state index contributed by atoms with van der Waals surface area (Å²) in [6, 6.07) is 4.73. The summed E-state index contributed by atoms with van der Waals surface area (Å²) in [6.45, 7) is 1.74. The molecule has 3 rings (SSSR count). The molecule has 1 saturated carbocycles. The van der Waals surface area contributed by atoms with Crippen LogP contribution < -0.4 is 0 Å². The Labute approximate surface area is 97.5 Å². The van der Waals surface area contributed by atoms with E-state index in [-0.39, 0.29) is 11.9 Å². The number of nitrogens with zero attached hydrogens (tertiary/aromatic N) is 1. The molecule has 0 saturated heterocycles. The van der Waals surface area contributed by atoms with Crippen LogP contribution in [0.2, 0.25) is 0 Å². The number of fused-ring (bicyclic) bond motifs is 1. The molecule has 1 aliphatic carbocycles. The van der Waals surface area contributed by atoms with E-state index in [1.165, 1.54) is 12.1 Å². The Kier molecular flexibility index (Phi) is 2.02. The van der Waals surface area contributed by atoms with Gasteiger partial charge in [0.15, 0.2) is 0 Å². The highest BCUT2D eigenvalue weighted by molar-refractivity contribution is 5.98. The largest absolute Gasteiger partial charge is 0.477 e. The molecule has 4 heteroatoms. The molecule has 0 aliphatic heterocycles. The van der Waals surface area contributed by atoms with Gasteiger partial charge in [0.1, 0.15) is 11.5 Å². The number of carboxylic acids is 1. The minimum absolute atomic E-state index is 0.266. The molecule has 0 amide bonds. The minimum atomic E-state index is -0.939. The first-order valence-corrected chi connectivity index (χ1v) is 5.63. The van der Waals surface area contributed by atoms with Crippen LogP contribution in [-0.2, 0) is 0 Å². The fourth-order valence-electron chi connectivity index (χ4n) is 2.42. The highest BCUT2D eigenvalue weighted by atomic mass is 19.1. The predicted octanol–water partition coefficient (Wildman–Crippen LogP) is 3.12. The van der Waals surface area contributed by atoms with E-state index in [0.29, 0.717) is 16.6 Å². The molecule has 0 atom stereocenters. The Morgan fingerprint density at radius 2 is 2.18 bits per heavy atom. The highest BCUT2D eigenvalue weighted by Gasteiger charge is 2.31. The summed E-state index contributed by atoms with van der Waals surface area (Å²) in [4.78, 5) is 11.3.